The van der Waals surface area contributed by atoms with Gasteiger partial charge >= 0.3 is 5.69 Å². The summed E-state index contributed by atoms with van der Waals surface area (Å²) in [7, 11) is 0. The predicted molar refractivity (Wildman–Crippen MR) is 70.8 cm³/mol. The van der Waals surface area contributed by atoms with Crippen LogP contribution in [0.3, 0.4) is 0 Å². The number of hydrogen-bond donors (Lipinski definition) is 2. The van der Waals surface area contributed by atoms with Gasteiger partial charge in [0.2, 0.25) is 11.6 Å². The first-order valence-corrected chi connectivity index (χ1v) is 6.13. The first kappa shape index (κ1) is 14.1. The van der Waals surface area contributed by atoms with Crippen LogP contribution in [0.25, 0.3) is 0 Å². The van der Waals surface area contributed by atoms with Crippen molar-refractivity contribution in [1.82, 2.24) is 9.97 Å². The number of nitrogens with one attached hydrogen (secondary N) is 2. The van der Waals surface area contributed by atoms with Gasteiger partial charge in [-0.25, -0.2) is 9.97 Å². The van der Waals surface area contributed by atoms with E-state index in [1.54, 1.807) is 0 Å². The minimum atomic E-state index is -0.456. The molecule has 0 atom stereocenters. The van der Waals surface area contributed by atoms with Gasteiger partial charge in [-0.2, -0.15) is 0 Å². The molecule has 100 valence electrons. The highest BCUT2D eigenvalue weighted by Crippen LogP contribution is 2.29. The quantitative estimate of drug-likeness (QED) is 0.572. The fourth-order valence-electron chi connectivity index (χ4n) is 1.64. The molecule has 0 aliphatic rings. The SMILES string of the molecule is CCNc1ncnc(NC(CC)CC)c1[N+](=O)[O-]. The van der Waals surface area contributed by atoms with Crippen molar-refractivity contribution >= 4 is 17.3 Å². The van der Waals surface area contributed by atoms with E-state index in [9.17, 15) is 10.1 Å². The van der Waals surface area contributed by atoms with Gasteiger partial charge in [0.1, 0.15) is 6.33 Å². The molecule has 0 aromatic carbocycles. The second-order valence-electron chi connectivity index (χ2n) is 3.86. The topological polar surface area (TPSA) is 93.0 Å². The Morgan fingerprint density at radius 2 is 1.89 bits per heavy atom. The van der Waals surface area contributed by atoms with Gasteiger partial charge in [-0.3, -0.25) is 10.1 Å². The van der Waals surface area contributed by atoms with E-state index >= 15 is 0 Å². The standard InChI is InChI=1S/C11H19N5O2/c1-4-8(5-2)15-11-9(16(17)18)10(12-6-3)13-7-14-11/h7-8H,4-6H2,1-3H3,(H2,12,13,14,15). The lowest BCUT2D eigenvalue weighted by atomic mass is 10.2. The average molecular weight is 253 g/mol. The molecule has 0 bridgehead atoms. The molecule has 0 saturated carbocycles. The van der Waals surface area contributed by atoms with E-state index < -0.39 is 4.92 Å². The summed E-state index contributed by atoms with van der Waals surface area (Å²) in [5.41, 5.74) is -0.0914. The zero-order valence-corrected chi connectivity index (χ0v) is 10.9. The smallest absolute Gasteiger partial charge is 0.353 e. The largest absolute Gasteiger partial charge is 0.364 e. The third kappa shape index (κ3) is 3.28. The van der Waals surface area contributed by atoms with E-state index in [0.717, 1.165) is 12.8 Å². The number of anilines is 2. The summed E-state index contributed by atoms with van der Waals surface area (Å²) in [5, 5.41) is 17.1. The molecule has 1 aromatic rings. The molecule has 0 aliphatic carbocycles. The molecule has 0 amide bonds. The van der Waals surface area contributed by atoms with Crippen LogP contribution >= 0.6 is 0 Å². The van der Waals surface area contributed by atoms with Crippen molar-refractivity contribution in [2.45, 2.75) is 39.7 Å². The van der Waals surface area contributed by atoms with Gasteiger partial charge in [0.25, 0.3) is 0 Å². The van der Waals surface area contributed by atoms with Crippen molar-refractivity contribution < 1.29 is 4.92 Å². The van der Waals surface area contributed by atoms with Gasteiger partial charge in [-0.15, -0.1) is 0 Å². The van der Waals surface area contributed by atoms with Crippen molar-refractivity contribution in [2.24, 2.45) is 0 Å². The second-order valence-corrected chi connectivity index (χ2v) is 3.86. The van der Waals surface area contributed by atoms with Crippen molar-refractivity contribution in [3.05, 3.63) is 16.4 Å². The van der Waals surface area contributed by atoms with Gasteiger partial charge in [-0.1, -0.05) is 13.8 Å². The van der Waals surface area contributed by atoms with E-state index in [0.29, 0.717) is 6.54 Å². The Hall–Kier alpha value is -1.92. The highest BCUT2D eigenvalue weighted by atomic mass is 16.6. The number of aromatic nitrogens is 2. The summed E-state index contributed by atoms with van der Waals surface area (Å²) in [6.45, 7) is 6.49. The number of hydrogen-bond acceptors (Lipinski definition) is 6. The van der Waals surface area contributed by atoms with Crippen molar-refractivity contribution in [3.8, 4) is 0 Å². The highest BCUT2D eigenvalue weighted by Gasteiger charge is 2.23. The van der Waals surface area contributed by atoms with E-state index in [1.165, 1.54) is 6.33 Å². The second kappa shape index (κ2) is 6.73. The van der Waals surface area contributed by atoms with Gasteiger partial charge in [0.05, 0.1) is 4.92 Å². The van der Waals surface area contributed by atoms with Crippen LogP contribution in [-0.2, 0) is 0 Å². The summed E-state index contributed by atoms with van der Waals surface area (Å²) >= 11 is 0. The average Bonchev–Trinajstić information content (AvgIpc) is 2.36. The summed E-state index contributed by atoms with van der Waals surface area (Å²) in [6, 6.07) is 0.174. The Morgan fingerprint density at radius 3 is 2.39 bits per heavy atom. The minimum Gasteiger partial charge on any atom is -0.364 e. The number of rotatable bonds is 7. The molecular weight excluding hydrogens is 234 g/mol. The molecule has 0 aliphatic heterocycles. The summed E-state index contributed by atoms with van der Waals surface area (Å²) in [6.07, 6.45) is 3.10. The highest BCUT2D eigenvalue weighted by molar-refractivity contribution is 5.69. The first-order valence-electron chi connectivity index (χ1n) is 6.13. The Balaban J connectivity index is 3.09. The summed E-state index contributed by atoms with van der Waals surface area (Å²) in [4.78, 5) is 18.5. The van der Waals surface area contributed by atoms with Crippen LogP contribution in [0.1, 0.15) is 33.6 Å². The van der Waals surface area contributed by atoms with Crippen LogP contribution in [0.15, 0.2) is 6.33 Å². The molecule has 1 aromatic heterocycles. The van der Waals surface area contributed by atoms with E-state index in [4.69, 9.17) is 0 Å². The Bertz CT molecular complexity index is 406. The molecule has 1 rings (SSSR count). The monoisotopic (exact) mass is 253 g/mol. The number of nitrogens with zero attached hydrogens (tertiary/aromatic N) is 3. The lowest BCUT2D eigenvalue weighted by molar-refractivity contribution is -0.383. The maximum absolute atomic E-state index is 11.1. The molecule has 0 radical (unpaired) electrons. The fourth-order valence-corrected chi connectivity index (χ4v) is 1.64. The molecule has 1 heterocycles. The predicted octanol–water partition coefficient (Wildman–Crippen LogP) is 2.42. The van der Waals surface area contributed by atoms with Gasteiger partial charge in [-0.05, 0) is 19.8 Å². The Morgan fingerprint density at radius 1 is 1.28 bits per heavy atom. The maximum Gasteiger partial charge on any atom is 0.353 e. The van der Waals surface area contributed by atoms with Gasteiger partial charge < -0.3 is 10.6 Å². The van der Waals surface area contributed by atoms with Crippen LogP contribution in [0.5, 0.6) is 0 Å². The Kier molecular flexibility index (Phi) is 5.29. The van der Waals surface area contributed by atoms with Gasteiger partial charge in [0.15, 0.2) is 0 Å². The van der Waals surface area contributed by atoms with Crippen LogP contribution in [0, 0.1) is 10.1 Å². The van der Waals surface area contributed by atoms with Crippen LogP contribution in [-0.4, -0.2) is 27.5 Å². The third-order valence-corrected chi connectivity index (χ3v) is 2.68. The zero-order chi connectivity index (χ0) is 13.5. The lowest BCUT2D eigenvalue weighted by Crippen LogP contribution is -2.19. The summed E-state index contributed by atoms with van der Waals surface area (Å²) in [5.74, 6) is 0.533. The first-order chi connectivity index (χ1) is 8.63. The number of nitro groups is 1. The fraction of sp³-hybridized carbons (Fsp3) is 0.636. The molecule has 0 spiro atoms. The van der Waals surface area contributed by atoms with Crippen LogP contribution in [0.2, 0.25) is 0 Å². The van der Waals surface area contributed by atoms with Gasteiger partial charge in [0, 0.05) is 12.6 Å². The molecule has 0 unspecified atom stereocenters. The normalized spacial score (nSPS) is 10.4. The van der Waals surface area contributed by atoms with Crippen molar-refractivity contribution in [3.63, 3.8) is 0 Å². The molecule has 2 N–H and O–H groups in total. The van der Waals surface area contributed by atoms with E-state index in [-0.39, 0.29) is 23.4 Å². The Labute approximate surface area is 106 Å². The lowest BCUT2D eigenvalue weighted by Gasteiger charge is -2.15. The third-order valence-electron chi connectivity index (χ3n) is 2.68. The molecule has 0 saturated heterocycles. The maximum atomic E-state index is 11.1. The molecule has 7 nitrogen and oxygen atoms in total. The molecular formula is C11H19N5O2. The summed E-state index contributed by atoms with van der Waals surface area (Å²) < 4.78 is 0. The van der Waals surface area contributed by atoms with E-state index in [2.05, 4.69) is 20.6 Å². The van der Waals surface area contributed by atoms with E-state index in [1.807, 2.05) is 20.8 Å². The van der Waals surface area contributed by atoms with Crippen LogP contribution in [0.4, 0.5) is 17.3 Å². The zero-order valence-electron chi connectivity index (χ0n) is 10.9. The van der Waals surface area contributed by atoms with Crippen molar-refractivity contribution in [2.75, 3.05) is 17.2 Å². The molecule has 0 fully saturated rings. The van der Waals surface area contributed by atoms with Crippen LogP contribution < -0.4 is 10.6 Å². The van der Waals surface area contributed by atoms with Crippen molar-refractivity contribution in [1.29, 1.82) is 0 Å². The molecule has 7 heteroatoms. The minimum absolute atomic E-state index is 0.0914. The molecule has 18 heavy (non-hydrogen) atoms.